The molecule has 0 N–H and O–H groups in total. The molecule has 0 atom stereocenters. The summed E-state index contributed by atoms with van der Waals surface area (Å²) in [6.45, 7) is 7.82. The second kappa shape index (κ2) is 14.2. The van der Waals surface area contributed by atoms with Gasteiger partial charge in [0.25, 0.3) is 0 Å². The summed E-state index contributed by atoms with van der Waals surface area (Å²) in [4.78, 5) is 0. The molecule has 0 aliphatic carbocycles. The Morgan fingerprint density at radius 1 is 0.700 bits per heavy atom. The lowest BCUT2D eigenvalue weighted by Crippen LogP contribution is -2.36. The van der Waals surface area contributed by atoms with Crippen LogP contribution in [0.25, 0.3) is 0 Å². The molecule has 0 heterocycles. The van der Waals surface area contributed by atoms with E-state index in [0.717, 1.165) is 38.2 Å². The molecule has 0 unspecified atom stereocenters. The number of ether oxygens (including phenoxy) is 2. The van der Waals surface area contributed by atoms with Gasteiger partial charge in [0, 0.05) is 26.1 Å². The lowest BCUT2D eigenvalue weighted by atomic mass is 10.0. The average molecular weight is 305 g/mol. The van der Waals surface area contributed by atoms with Gasteiger partial charge in [0.1, 0.15) is 0 Å². The highest BCUT2D eigenvalue weighted by molar-refractivity contribution is 7.80. The molecule has 0 aliphatic rings. The largest absolute Gasteiger partial charge is 0.350 e. The molecule has 122 valence electrons. The fraction of sp³-hybridized carbons (Fsp3) is 1.00. The first-order valence-corrected chi connectivity index (χ1v) is 9.26. The third-order valence-electron chi connectivity index (χ3n) is 3.69. The minimum Gasteiger partial charge on any atom is -0.350 e. The summed E-state index contributed by atoms with van der Waals surface area (Å²) in [6, 6.07) is 0. The normalized spacial score (nSPS) is 12.0. The zero-order valence-electron chi connectivity index (χ0n) is 14.0. The molecule has 0 aromatic rings. The lowest BCUT2D eigenvalue weighted by Gasteiger charge is -2.33. The molecule has 2 nitrogen and oxygen atoms in total. The van der Waals surface area contributed by atoms with Crippen LogP contribution in [0.5, 0.6) is 0 Å². The van der Waals surface area contributed by atoms with E-state index < -0.39 is 0 Å². The van der Waals surface area contributed by atoms with Crippen molar-refractivity contribution in [1.29, 1.82) is 0 Å². The average Bonchev–Trinajstić information content (AvgIpc) is 2.45. The summed E-state index contributed by atoms with van der Waals surface area (Å²) >= 11 is 4.31. The van der Waals surface area contributed by atoms with E-state index in [2.05, 4.69) is 33.4 Å². The molecule has 0 spiro atoms. The van der Waals surface area contributed by atoms with Crippen molar-refractivity contribution in [2.75, 3.05) is 19.0 Å². The molecular weight excluding hydrogens is 268 g/mol. The maximum absolute atomic E-state index is 5.96. The van der Waals surface area contributed by atoms with E-state index in [1.54, 1.807) is 0 Å². The Hall–Kier alpha value is 0.270. The molecule has 0 bridgehead atoms. The van der Waals surface area contributed by atoms with E-state index in [-0.39, 0.29) is 5.79 Å². The molecule has 0 fully saturated rings. The highest BCUT2D eigenvalue weighted by Gasteiger charge is 2.29. The third-order valence-corrected chi connectivity index (χ3v) is 4.01. The van der Waals surface area contributed by atoms with Gasteiger partial charge in [0.2, 0.25) is 0 Å². The number of thiol groups is 1. The zero-order valence-corrected chi connectivity index (χ0v) is 14.9. The van der Waals surface area contributed by atoms with Crippen molar-refractivity contribution in [3.05, 3.63) is 0 Å². The molecule has 0 aromatic heterocycles. The smallest absolute Gasteiger partial charge is 0.168 e. The fourth-order valence-corrected chi connectivity index (χ4v) is 2.84. The quantitative estimate of drug-likeness (QED) is 0.241. The second-order valence-corrected chi connectivity index (χ2v) is 5.92. The van der Waals surface area contributed by atoms with Crippen molar-refractivity contribution in [3.8, 4) is 0 Å². The van der Waals surface area contributed by atoms with Crippen molar-refractivity contribution < 1.29 is 9.47 Å². The summed E-state index contributed by atoms with van der Waals surface area (Å²) in [5.41, 5.74) is 0. The van der Waals surface area contributed by atoms with Crippen molar-refractivity contribution >= 4 is 12.6 Å². The molecular formula is C17H36O2S. The molecule has 0 amide bonds. The van der Waals surface area contributed by atoms with Crippen molar-refractivity contribution in [3.63, 3.8) is 0 Å². The predicted molar refractivity (Wildman–Crippen MR) is 91.7 cm³/mol. The van der Waals surface area contributed by atoms with Crippen LogP contribution in [-0.2, 0) is 9.47 Å². The van der Waals surface area contributed by atoms with Gasteiger partial charge >= 0.3 is 0 Å². The Bertz CT molecular complexity index is 191. The first-order chi connectivity index (χ1) is 9.74. The highest BCUT2D eigenvalue weighted by atomic mass is 32.1. The van der Waals surface area contributed by atoms with Crippen LogP contribution in [-0.4, -0.2) is 24.8 Å². The van der Waals surface area contributed by atoms with Gasteiger partial charge in [-0.3, -0.25) is 0 Å². The van der Waals surface area contributed by atoms with Gasteiger partial charge in [0.15, 0.2) is 5.79 Å². The van der Waals surface area contributed by atoms with Crippen LogP contribution < -0.4 is 0 Å². The second-order valence-electron chi connectivity index (χ2n) is 5.48. The summed E-state index contributed by atoms with van der Waals surface area (Å²) in [7, 11) is 0. The number of hydrogen-bond donors (Lipinski definition) is 1. The molecule has 0 saturated carbocycles. The van der Waals surface area contributed by atoms with Gasteiger partial charge in [-0.25, -0.2) is 0 Å². The van der Waals surface area contributed by atoms with Crippen LogP contribution >= 0.6 is 12.6 Å². The monoisotopic (exact) mass is 304 g/mol. The molecule has 0 aliphatic heterocycles. The van der Waals surface area contributed by atoms with Crippen LogP contribution in [0.15, 0.2) is 0 Å². The predicted octanol–water partition coefficient (Wildman–Crippen LogP) is 5.61. The molecule has 0 radical (unpaired) electrons. The van der Waals surface area contributed by atoms with E-state index in [1.165, 1.54) is 44.9 Å². The Morgan fingerprint density at radius 3 is 1.70 bits per heavy atom. The fourth-order valence-electron chi connectivity index (χ4n) is 2.68. The minimum absolute atomic E-state index is 0.352. The third kappa shape index (κ3) is 10.1. The van der Waals surface area contributed by atoms with Gasteiger partial charge in [-0.05, 0) is 32.4 Å². The Kier molecular flexibility index (Phi) is 14.4. The van der Waals surface area contributed by atoms with Crippen LogP contribution in [0.1, 0.15) is 85.0 Å². The maximum Gasteiger partial charge on any atom is 0.168 e. The number of unbranched alkanes of at least 4 members (excludes halogenated alkanes) is 6. The van der Waals surface area contributed by atoms with Crippen molar-refractivity contribution in [2.45, 2.75) is 90.8 Å². The molecule has 3 heteroatoms. The van der Waals surface area contributed by atoms with Crippen LogP contribution in [0, 0.1) is 0 Å². The summed E-state index contributed by atoms with van der Waals surface area (Å²) in [5.74, 6) is 0.550. The van der Waals surface area contributed by atoms with E-state index in [4.69, 9.17) is 9.47 Å². The SMILES string of the molecule is CCCCCCCCCC(CCCS)(OCC)OCC. The zero-order chi connectivity index (χ0) is 15.1. The first-order valence-electron chi connectivity index (χ1n) is 8.63. The van der Waals surface area contributed by atoms with E-state index in [1.807, 2.05) is 0 Å². The van der Waals surface area contributed by atoms with Crippen molar-refractivity contribution in [2.24, 2.45) is 0 Å². The first kappa shape index (κ1) is 20.3. The standard InChI is InChI=1S/C17H36O2S/c1-4-7-8-9-10-11-12-14-17(18-5-2,19-6-3)15-13-16-20/h20H,4-16H2,1-3H3. The summed E-state index contributed by atoms with van der Waals surface area (Å²) < 4.78 is 11.9. The Balaban J connectivity index is 3.99. The van der Waals surface area contributed by atoms with E-state index >= 15 is 0 Å². The maximum atomic E-state index is 5.96. The van der Waals surface area contributed by atoms with E-state index in [9.17, 15) is 0 Å². The number of rotatable bonds is 15. The molecule has 0 aromatic carbocycles. The van der Waals surface area contributed by atoms with Gasteiger partial charge in [0.05, 0.1) is 0 Å². The summed E-state index contributed by atoms with van der Waals surface area (Å²) in [6.07, 6.45) is 12.4. The lowest BCUT2D eigenvalue weighted by molar-refractivity contribution is -0.241. The van der Waals surface area contributed by atoms with Gasteiger partial charge in [-0.1, -0.05) is 45.4 Å². The van der Waals surface area contributed by atoms with E-state index in [0.29, 0.717) is 0 Å². The van der Waals surface area contributed by atoms with Gasteiger partial charge in [-0.2, -0.15) is 12.6 Å². The van der Waals surface area contributed by atoms with Crippen LogP contribution in [0.4, 0.5) is 0 Å². The van der Waals surface area contributed by atoms with Crippen LogP contribution in [0.3, 0.4) is 0 Å². The Labute approximate surface area is 132 Å². The topological polar surface area (TPSA) is 18.5 Å². The molecule has 0 rings (SSSR count). The Morgan fingerprint density at radius 2 is 1.20 bits per heavy atom. The van der Waals surface area contributed by atoms with Crippen molar-refractivity contribution in [1.82, 2.24) is 0 Å². The van der Waals surface area contributed by atoms with Crippen LogP contribution in [0.2, 0.25) is 0 Å². The highest BCUT2D eigenvalue weighted by Crippen LogP contribution is 2.27. The summed E-state index contributed by atoms with van der Waals surface area (Å²) in [5, 5.41) is 0. The molecule has 0 saturated heterocycles. The minimum atomic E-state index is -0.352. The van der Waals surface area contributed by atoms with Gasteiger partial charge in [-0.15, -0.1) is 0 Å². The molecule has 20 heavy (non-hydrogen) atoms. The number of hydrogen-bond acceptors (Lipinski definition) is 3. The van der Waals surface area contributed by atoms with Gasteiger partial charge < -0.3 is 9.47 Å².